The third-order valence-electron chi connectivity index (χ3n) is 6.61. The maximum Gasteiger partial charge on any atom is 0.481 e. The van der Waals surface area contributed by atoms with Crippen molar-refractivity contribution >= 4 is 18.9 Å². The van der Waals surface area contributed by atoms with Crippen LogP contribution in [0, 0.1) is 0 Å². The summed E-state index contributed by atoms with van der Waals surface area (Å²) in [5, 5.41) is 3.00. The molecule has 8 nitrogen and oxygen atoms in total. The Bertz CT molecular complexity index is 767. The average Bonchev–Trinajstić information content (AvgIpc) is 2.99. The van der Waals surface area contributed by atoms with Crippen LogP contribution >= 0.6 is 0 Å². The quantitative estimate of drug-likeness (QED) is 0.585. The molecule has 176 valence electrons. The van der Waals surface area contributed by atoms with Crippen molar-refractivity contribution in [2.75, 3.05) is 26.3 Å². The van der Waals surface area contributed by atoms with Crippen molar-refractivity contribution in [2.24, 2.45) is 5.73 Å². The summed E-state index contributed by atoms with van der Waals surface area (Å²) in [6.07, 6.45) is 1.33. The van der Waals surface area contributed by atoms with E-state index in [1.165, 1.54) is 0 Å². The molecule has 2 heterocycles. The summed E-state index contributed by atoms with van der Waals surface area (Å²) in [5.74, 6) is -0.903. The Kier molecular flexibility index (Phi) is 7.98. The zero-order valence-corrected chi connectivity index (χ0v) is 19.6. The smallest absolute Gasteiger partial charge is 0.402 e. The number of nitrogens with one attached hydrogen (secondary N) is 1. The number of morpholine rings is 1. The molecule has 2 saturated heterocycles. The van der Waals surface area contributed by atoms with Crippen molar-refractivity contribution < 1.29 is 23.6 Å². The van der Waals surface area contributed by atoms with E-state index in [-0.39, 0.29) is 18.2 Å². The highest BCUT2D eigenvalue weighted by molar-refractivity contribution is 6.48. The zero-order chi connectivity index (χ0) is 23.4. The fraction of sp³-hybridized carbons (Fsp3) is 0.652. The van der Waals surface area contributed by atoms with Crippen LogP contribution in [-0.2, 0) is 30.1 Å². The molecule has 32 heavy (non-hydrogen) atoms. The number of carbonyl (C=O) groups excluding carboxylic acids is 2. The highest BCUT2D eigenvalue weighted by Gasteiger charge is 2.54. The Labute approximate surface area is 191 Å². The summed E-state index contributed by atoms with van der Waals surface area (Å²) in [7, 11) is -0.602. The number of amides is 2. The molecule has 2 amide bonds. The van der Waals surface area contributed by atoms with Gasteiger partial charge in [-0.2, -0.15) is 0 Å². The van der Waals surface area contributed by atoms with Gasteiger partial charge in [-0.15, -0.1) is 0 Å². The minimum atomic E-state index is -0.938. The summed E-state index contributed by atoms with van der Waals surface area (Å²) >= 11 is 0. The largest absolute Gasteiger partial charge is 0.481 e. The van der Waals surface area contributed by atoms with Crippen molar-refractivity contribution in [1.82, 2.24) is 10.2 Å². The van der Waals surface area contributed by atoms with Crippen LogP contribution in [-0.4, -0.2) is 73.3 Å². The molecular weight excluding hydrogens is 409 g/mol. The van der Waals surface area contributed by atoms with Gasteiger partial charge in [0.25, 0.3) is 0 Å². The van der Waals surface area contributed by atoms with E-state index < -0.39 is 30.3 Å². The third kappa shape index (κ3) is 6.10. The molecule has 2 atom stereocenters. The van der Waals surface area contributed by atoms with Gasteiger partial charge in [0, 0.05) is 13.1 Å². The van der Waals surface area contributed by atoms with Gasteiger partial charge in [0.15, 0.2) is 0 Å². The molecule has 3 rings (SSSR count). The number of nitrogens with zero attached hydrogens (tertiary/aromatic N) is 1. The maximum atomic E-state index is 12.9. The lowest BCUT2D eigenvalue weighted by molar-refractivity contribution is -0.137. The Morgan fingerprint density at radius 3 is 2.28 bits per heavy atom. The lowest BCUT2D eigenvalue weighted by Crippen LogP contribution is -2.54. The summed E-state index contributed by atoms with van der Waals surface area (Å²) in [6, 6.07) is 9.12. The predicted octanol–water partition coefficient (Wildman–Crippen LogP) is 1.31. The van der Waals surface area contributed by atoms with Gasteiger partial charge in [-0.05, 0) is 46.1 Å². The first-order chi connectivity index (χ1) is 15.1. The summed E-state index contributed by atoms with van der Waals surface area (Å²) in [5.41, 5.74) is 6.25. The molecule has 2 aliphatic heterocycles. The Morgan fingerprint density at radius 2 is 1.69 bits per heavy atom. The number of hydrogen-bond donors (Lipinski definition) is 2. The molecule has 9 heteroatoms. The SMILES string of the molecule is CC1(C)OB([C@H](CCc2ccccc2)NC(=O)[C@H](N)CC(=O)N2CCOCC2)OC1(C)C. The zero-order valence-electron chi connectivity index (χ0n) is 19.6. The van der Waals surface area contributed by atoms with Gasteiger partial charge in [0.05, 0.1) is 42.8 Å². The van der Waals surface area contributed by atoms with Crippen LogP contribution in [0.5, 0.6) is 0 Å². The van der Waals surface area contributed by atoms with Gasteiger partial charge in [0.2, 0.25) is 11.8 Å². The van der Waals surface area contributed by atoms with Crippen LogP contribution in [0.2, 0.25) is 0 Å². The van der Waals surface area contributed by atoms with E-state index in [4.69, 9.17) is 19.8 Å². The van der Waals surface area contributed by atoms with E-state index in [2.05, 4.69) is 17.4 Å². The van der Waals surface area contributed by atoms with Crippen LogP contribution in [0.4, 0.5) is 0 Å². The molecule has 0 aromatic heterocycles. The minimum Gasteiger partial charge on any atom is -0.402 e. The number of rotatable bonds is 8. The molecule has 0 spiro atoms. The third-order valence-corrected chi connectivity index (χ3v) is 6.61. The summed E-state index contributed by atoms with van der Waals surface area (Å²) < 4.78 is 17.7. The molecule has 0 radical (unpaired) electrons. The second-order valence-electron chi connectivity index (χ2n) is 9.57. The highest BCUT2D eigenvalue weighted by Crippen LogP contribution is 2.38. The second-order valence-corrected chi connectivity index (χ2v) is 9.57. The van der Waals surface area contributed by atoms with Crippen LogP contribution in [0.15, 0.2) is 30.3 Å². The van der Waals surface area contributed by atoms with Crippen molar-refractivity contribution in [3.8, 4) is 0 Å². The summed E-state index contributed by atoms with van der Waals surface area (Å²) in [6.45, 7) is 10.0. The van der Waals surface area contributed by atoms with Gasteiger partial charge in [-0.25, -0.2) is 0 Å². The van der Waals surface area contributed by atoms with Crippen molar-refractivity contribution in [3.63, 3.8) is 0 Å². The molecule has 0 aliphatic carbocycles. The molecule has 0 saturated carbocycles. The highest BCUT2D eigenvalue weighted by atomic mass is 16.7. The van der Waals surface area contributed by atoms with Gasteiger partial charge in [-0.1, -0.05) is 30.3 Å². The first kappa shape index (κ1) is 24.7. The van der Waals surface area contributed by atoms with E-state index in [9.17, 15) is 9.59 Å². The molecule has 0 bridgehead atoms. The van der Waals surface area contributed by atoms with Gasteiger partial charge >= 0.3 is 7.12 Å². The summed E-state index contributed by atoms with van der Waals surface area (Å²) in [4.78, 5) is 27.1. The van der Waals surface area contributed by atoms with E-state index in [0.29, 0.717) is 32.7 Å². The number of carbonyl (C=O) groups is 2. The van der Waals surface area contributed by atoms with Gasteiger partial charge < -0.3 is 30.0 Å². The van der Waals surface area contributed by atoms with E-state index in [1.54, 1.807) is 4.90 Å². The molecule has 1 aromatic carbocycles. The average molecular weight is 445 g/mol. The number of nitrogens with two attached hydrogens (primary N) is 1. The standard InChI is InChI=1S/C23H36BN3O5/c1-22(2)23(3,4)32-24(31-22)19(11-10-17-8-6-5-7-9-17)26-21(29)18(25)16-20(28)27-12-14-30-15-13-27/h5-9,18-19H,10-16,25H2,1-4H3,(H,26,29)/t18-,19+/m1/s1. The molecule has 3 N–H and O–H groups in total. The fourth-order valence-electron chi connectivity index (χ4n) is 3.81. The molecular formula is C23H36BN3O5. The number of aryl methyl sites for hydroxylation is 1. The Balaban J connectivity index is 1.64. The molecule has 1 aromatic rings. The van der Waals surface area contributed by atoms with E-state index >= 15 is 0 Å². The van der Waals surface area contributed by atoms with Crippen LogP contribution in [0.1, 0.15) is 46.1 Å². The van der Waals surface area contributed by atoms with Crippen molar-refractivity contribution in [2.45, 2.75) is 70.1 Å². The van der Waals surface area contributed by atoms with Crippen LogP contribution in [0.25, 0.3) is 0 Å². The molecule has 0 unspecified atom stereocenters. The number of benzene rings is 1. The maximum absolute atomic E-state index is 12.9. The normalized spacial score (nSPS) is 21.8. The van der Waals surface area contributed by atoms with Crippen molar-refractivity contribution in [1.29, 1.82) is 0 Å². The first-order valence-corrected chi connectivity index (χ1v) is 11.4. The van der Waals surface area contributed by atoms with Crippen molar-refractivity contribution in [3.05, 3.63) is 35.9 Å². The van der Waals surface area contributed by atoms with Crippen LogP contribution < -0.4 is 11.1 Å². The lowest BCUT2D eigenvalue weighted by atomic mass is 9.75. The monoisotopic (exact) mass is 445 g/mol. The lowest BCUT2D eigenvalue weighted by Gasteiger charge is -2.32. The van der Waals surface area contributed by atoms with Crippen LogP contribution in [0.3, 0.4) is 0 Å². The Hall–Kier alpha value is -1.94. The van der Waals surface area contributed by atoms with Gasteiger partial charge in [0.1, 0.15) is 0 Å². The molecule has 2 fully saturated rings. The van der Waals surface area contributed by atoms with Gasteiger partial charge in [-0.3, -0.25) is 9.59 Å². The van der Waals surface area contributed by atoms with E-state index in [0.717, 1.165) is 12.0 Å². The molecule has 2 aliphatic rings. The number of ether oxygens (including phenoxy) is 1. The Morgan fingerprint density at radius 1 is 1.09 bits per heavy atom. The topological polar surface area (TPSA) is 103 Å². The second kappa shape index (κ2) is 10.3. The fourth-order valence-corrected chi connectivity index (χ4v) is 3.81. The predicted molar refractivity (Wildman–Crippen MR) is 123 cm³/mol. The first-order valence-electron chi connectivity index (χ1n) is 11.4. The minimum absolute atomic E-state index is 0.0411. The number of hydrogen-bond acceptors (Lipinski definition) is 6. The van der Waals surface area contributed by atoms with E-state index in [1.807, 2.05) is 45.9 Å².